The van der Waals surface area contributed by atoms with Gasteiger partial charge in [-0.2, -0.15) is 0 Å². The van der Waals surface area contributed by atoms with Crippen LogP contribution in [0.4, 0.5) is 5.69 Å². The minimum Gasteiger partial charge on any atom is -0.396 e. The van der Waals surface area contributed by atoms with E-state index < -0.39 is 10.0 Å². The van der Waals surface area contributed by atoms with Gasteiger partial charge in [0.15, 0.2) is 0 Å². The molecule has 0 fully saturated rings. The van der Waals surface area contributed by atoms with Gasteiger partial charge in [0.25, 0.3) is 10.0 Å². The third-order valence-corrected chi connectivity index (χ3v) is 6.68. The van der Waals surface area contributed by atoms with Crippen LogP contribution in [0.2, 0.25) is 0 Å². The Balaban J connectivity index is 2.44. The van der Waals surface area contributed by atoms with E-state index in [0.717, 1.165) is 10.4 Å². The molecule has 0 bridgehead atoms. The van der Waals surface area contributed by atoms with Crippen LogP contribution in [-0.4, -0.2) is 26.7 Å². The Bertz CT molecular complexity index is 673. The number of sulfonamides is 1. The van der Waals surface area contributed by atoms with Gasteiger partial charge in [0.05, 0.1) is 5.69 Å². The lowest BCUT2D eigenvalue weighted by atomic mass is 10.3. The van der Waals surface area contributed by atoms with Gasteiger partial charge in [-0.25, -0.2) is 8.42 Å². The molecule has 0 saturated carbocycles. The standard InChI is InChI=1S/C15H19NO3S2/c1-12-11-15(20-13(12)2)21(18,19)16(9-6-10-17)14-7-4-3-5-8-14/h3-5,7-8,11,17H,6,9-10H2,1-2H3. The van der Waals surface area contributed by atoms with E-state index in [4.69, 9.17) is 5.11 Å². The highest BCUT2D eigenvalue weighted by atomic mass is 32.2. The van der Waals surface area contributed by atoms with Crippen molar-refractivity contribution in [1.82, 2.24) is 0 Å². The van der Waals surface area contributed by atoms with E-state index in [-0.39, 0.29) is 13.2 Å². The molecule has 0 amide bonds. The van der Waals surface area contributed by atoms with Crippen molar-refractivity contribution >= 4 is 27.0 Å². The van der Waals surface area contributed by atoms with Crippen LogP contribution in [0.5, 0.6) is 0 Å². The largest absolute Gasteiger partial charge is 0.396 e. The van der Waals surface area contributed by atoms with Crippen LogP contribution >= 0.6 is 11.3 Å². The predicted molar refractivity (Wildman–Crippen MR) is 86.5 cm³/mol. The number of nitrogens with zero attached hydrogens (tertiary/aromatic N) is 1. The van der Waals surface area contributed by atoms with E-state index in [1.54, 1.807) is 18.2 Å². The second-order valence-corrected chi connectivity index (χ2v) is 8.14. The van der Waals surface area contributed by atoms with Crippen LogP contribution in [-0.2, 0) is 10.0 Å². The number of benzene rings is 1. The van der Waals surface area contributed by atoms with Gasteiger partial charge in [0.2, 0.25) is 0 Å². The fourth-order valence-electron chi connectivity index (χ4n) is 1.97. The second kappa shape index (κ2) is 6.60. The molecule has 0 unspecified atom stereocenters. The molecular weight excluding hydrogens is 306 g/mol. The molecule has 4 nitrogen and oxygen atoms in total. The summed E-state index contributed by atoms with van der Waals surface area (Å²) in [6.45, 7) is 4.05. The van der Waals surface area contributed by atoms with Crippen molar-refractivity contribution in [2.75, 3.05) is 17.5 Å². The summed E-state index contributed by atoms with van der Waals surface area (Å²) < 4.78 is 27.4. The normalized spacial score (nSPS) is 11.6. The molecule has 0 saturated heterocycles. The van der Waals surface area contributed by atoms with E-state index in [2.05, 4.69) is 0 Å². The molecule has 2 rings (SSSR count). The third-order valence-electron chi connectivity index (χ3n) is 3.25. The molecule has 1 heterocycles. The first kappa shape index (κ1) is 16.0. The summed E-state index contributed by atoms with van der Waals surface area (Å²) >= 11 is 1.29. The van der Waals surface area contributed by atoms with E-state index in [0.29, 0.717) is 16.3 Å². The molecule has 1 N–H and O–H groups in total. The molecule has 21 heavy (non-hydrogen) atoms. The summed E-state index contributed by atoms with van der Waals surface area (Å²) in [6, 6.07) is 10.7. The molecule has 0 atom stereocenters. The van der Waals surface area contributed by atoms with Gasteiger partial charge in [-0.3, -0.25) is 4.31 Å². The molecule has 1 aromatic carbocycles. The van der Waals surface area contributed by atoms with E-state index in [1.165, 1.54) is 15.6 Å². The topological polar surface area (TPSA) is 57.6 Å². The second-order valence-electron chi connectivity index (χ2n) is 4.79. The number of para-hydroxylation sites is 1. The summed E-state index contributed by atoms with van der Waals surface area (Å²) in [5.74, 6) is 0. The van der Waals surface area contributed by atoms with Gasteiger partial charge in [0.1, 0.15) is 4.21 Å². The first-order valence-electron chi connectivity index (χ1n) is 6.72. The lowest BCUT2D eigenvalue weighted by molar-refractivity contribution is 0.291. The highest BCUT2D eigenvalue weighted by molar-refractivity contribution is 7.94. The van der Waals surface area contributed by atoms with Gasteiger partial charge in [-0.1, -0.05) is 18.2 Å². The lowest BCUT2D eigenvalue weighted by Crippen LogP contribution is -2.32. The number of rotatable bonds is 6. The van der Waals surface area contributed by atoms with Gasteiger partial charge in [-0.05, 0) is 44.0 Å². The number of aliphatic hydroxyl groups is 1. The quantitative estimate of drug-likeness (QED) is 0.888. The Morgan fingerprint density at radius 3 is 2.38 bits per heavy atom. The van der Waals surface area contributed by atoms with Crippen molar-refractivity contribution < 1.29 is 13.5 Å². The van der Waals surface area contributed by atoms with Crippen molar-refractivity contribution in [1.29, 1.82) is 0 Å². The maximum atomic E-state index is 12.9. The Kier molecular flexibility index (Phi) is 5.03. The molecule has 0 aliphatic carbocycles. The maximum Gasteiger partial charge on any atom is 0.273 e. The minimum atomic E-state index is -3.59. The summed E-state index contributed by atoms with van der Waals surface area (Å²) in [5.41, 5.74) is 1.60. The summed E-state index contributed by atoms with van der Waals surface area (Å²) in [4.78, 5) is 1.00. The minimum absolute atomic E-state index is 0.0403. The average Bonchev–Trinajstić information content (AvgIpc) is 2.81. The maximum absolute atomic E-state index is 12.9. The molecule has 0 aliphatic rings. The molecule has 0 aliphatic heterocycles. The number of hydrogen-bond donors (Lipinski definition) is 1. The van der Waals surface area contributed by atoms with E-state index in [1.807, 2.05) is 32.0 Å². The summed E-state index contributed by atoms with van der Waals surface area (Å²) in [7, 11) is -3.59. The SMILES string of the molecule is Cc1cc(S(=O)(=O)N(CCCO)c2ccccc2)sc1C. The van der Waals surface area contributed by atoms with Crippen molar-refractivity contribution in [3.05, 3.63) is 46.8 Å². The van der Waals surface area contributed by atoms with Crippen LogP contribution in [0.1, 0.15) is 16.9 Å². The van der Waals surface area contributed by atoms with Gasteiger partial charge >= 0.3 is 0 Å². The summed E-state index contributed by atoms with van der Waals surface area (Å²) in [5, 5.41) is 9.03. The lowest BCUT2D eigenvalue weighted by Gasteiger charge is -2.23. The Hall–Kier alpha value is -1.37. The third kappa shape index (κ3) is 3.45. The number of aryl methyl sites for hydroxylation is 2. The fourth-order valence-corrected chi connectivity index (χ4v) is 5.11. The van der Waals surface area contributed by atoms with Gasteiger partial charge < -0.3 is 5.11 Å². The van der Waals surface area contributed by atoms with Crippen molar-refractivity contribution in [3.63, 3.8) is 0 Å². The molecule has 1 aromatic heterocycles. The molecule has 0 spiro atoms. The molecule has 114 valence electrons. The van der Waals surface area contributed by atoms with Gasteiger partial charge in [0, 0.05) is 18.0 Å². The molecule has 0 radical (unpaired) electrons. The monoisotopic (exact) mass is 325 g/mol. The number of aliphatic hydroxyl groups excluding tert-OH is 1. The van der Waals surface area contributed by atoms with Crippen molar-refractivity contribution in [3.8, 4) is 0 Å². The first-order chi connectivity index (χ1) is 9.96. The Morgan fingerprint density at radius 2 is 1.86 bits per heavy atom. The van der Waals surface area contributed by atoms with E-state index in [9.17, 15) is 8.42 Å². The average molecular weight is 325 g/mol. The van der Waals surface area contributed by atoms with Crippen LogP contribution in [0.3, 0.4) is 0 Å². The Morgan fingerprint density at radius 1 is 1.19 bits per heavy atom. The van der Waals surface area contributed by atoms with Crippen molar-refractivity contribution in [2.24, 2.45) is 0 Å². The van der Waals surface area contributed by atoms with Crippen LogP contribution in [0.15, 0.2) is 40.6 Å². The first-order valence-corrected chi connectivity index (χ1v) is 8.98. The number of anilines is 1. The highest BCUT2D eigenvalue weighted by Gasteiger charge is 2.26. The van der Waals surface area contributed by atoms with E-state index >= 15 is 0 Å². The number of hydrogen-bond acceptors (Lipinski definition) is 4. The zero-order chi connectivity index (χ0) is 15.5. The fraction of sp³-hybridized carbons (Fsp3) is 0.333. The summed E-state index contributed by atoms with van der Waals surface area (Å²) in [6.07, 6.45) is 0.400. The predicted octanol–water partition coefficient (Wildman–Crippen LogP) is 2.94. The molecule has 2 aromatic rings. The van der Waals surface area contributed by atoms with Crippen molar-refractivity contribution in [2.45, 2.75) is 24.5 Å². The Labute approximate surface area is 129 Å². The van der Waals surface area contributed by atoms with Gasteiger partial charge in [-0.15, -0.1) is 11.3 Å². The smallest absolute Gasteiger partial charge is 0.273 e. The van der Waals surface area contributed by atoms with Crippen LogP contribution < -0.4 is 4.31 Å². The number of thiophene rings is 1. The molecular formula is C15H19NO3S2. The zero-order valence-corrected chi connectivity index (χ0v) is 13.7. The zero-order valence-electron chi connectivity index (χ0n) is 12.1. The van der Waals surface area contributed by atoms with Crippen LogP contribution in [0.25, 0.3) is 0 Å². The highest BCUT2D eigenvalue weighted by Crippen LogP contribution is 2.30. The van der Waals surface area contributed by atoms with Crippen LogP contribution in [0, 0.1) is 13.8 Å². The molecule has 6 heteroatoms.